The van der Waals surface area contributed by atoms with Crippen LogP contribution in [-0.2, 0) is 6.42 Å². The maximum absolute atomic E-state index is 4.53. The first kappa shape index (κ1) is 14.0. The van der Waals surface area contributed by atoms with E-state index in [1.807, 2.05) is 0 Å². The minimum atomic E-state index is 0.856. The van der Waals surface area contributed by atoms with Crippen LogP contribution in [-0.4, -0.2) is 42.6 Å². The molecular weight excluding hydrogens is 242 g/mol. The van der Waals surface area contributed by atoms with Gasteiger partial charge in [-0.1, -0.05) is 6.92 Å². The van der Waals surface area contributed by atoms with Gasteiger partial charge in [0.25, 0.3) is 0 Å². The second-order valence-corrected chi connectivity index (χ2v) is 6.23. The number of likely N-dealkylation sites (tertiary alicyclic amines) is 1. The Bertz CT molecular complexity index is 351. The molecule has 1 aliphatic heterocycles. The van der Waals surface area contributed by atoms with E-state index in [0.717, 1.165) is 24.6 Å². The van der Waals surface area contributed by atoms with Crippen molar-refractivity contribution in [1.82, 2.24) is 15.2 Å². The Balaban J connectivity index is 1.63. The van der Waals surface area contributed by atoms with Gasteiger partial charge in [-0.3, -0.25) is 0 Å². The van der Waals surface area contributed by atoms with Crippen molar-refractivity contribution < 1.29 is 0 Å². The van der Waals surface area contributed by atoms with Crippen molar-refractivity contribution in [3.63, 3.8) is 0 Å². The summed E-state index contributed by atoms with van der Waals surface area (Å²) in [6.07, 6.45) is 3.71. The summed E-state index contributed by atoms with van der Waals surface area (Å²) in [6.45, 7) is 10.4. The summed E-state index contributed by atoms with van der Waals surface area (Å²) in [5.41, 5.74) is 1.16. The van der Waals surface area contributed by atoms with E-state index in [4.69, 9.17) is 0 Å². The van der Waals surface area contributed by atoms with Crippen molar-refractivity contribution in [3.8, 4) is 0 Å². The molecule has 1 aromatic heterocycles. The van der Waals surface area contributed by atoms with Crippen LogP contribution in [0.3, 0.4) is 0 Å². The standard InChI is InChI=1S/C14H25N3S/c1-3-6-15-9-13-4-7-17(10-13)8-5-14-16-12(2)11-18-14/h11,13,15H,3-10H2,1-2H3. The Morgan fingerprint density at radius 1 is 1.56 bits per heavy atom. The van der Waals surface area contributed by atoms with Crippen molar-refractivity contribution in [2.45, 2.75) is 33.1 Å². The lowest BCUT2D eigenvalue weighted by Crippen LogP contribution is -2.28. The molecule has 1 atom stereocenters. The number of thiazole rings is 1. The second kappa shape index (κ2) is 7.22. The molecule has 1 fully saturated rings. The zero-order valence-corrected chi connectivity index (χ0v) is 12.4. The molecule has 0 radical (unpaired) electrons. The topological polar surface area (TPSA) is 28.2 Å². The molecule has 4 heteroatoms. The Morgan fingerprint density at radius 3 is 3.17 bits per heavy atom. The van der Waals surface area contributed by atoms with Gasteiger partial charge in [-0.25, -0.2) is 4.98 Å². The fourth-order valence-electron chi connectivity index (χ4n) is 2.54. The van der Waals surface area contributed by atoms with Gasteiger partial charge in [0.1, 0.15) is 0 Å². The number of hydrogen-bond acceptors (Lipinski definition) is 4. The van der Waals surface area contributed by atoms with Gasteiger partial charge in [0.2, 0.25) is 0 Å². The fraction of sp³-hybridized carbons (Fsp3) is 0.786. The lowest BCUT2D eigenvalue weighted by atomic mass is 10.1. The molecule has 1 saturated heterocycles. The van der Waals surface area contributed by atoms with Gasteiger partial charge in [-0.05, 0) is 45.3 Å². The van der Waals surface area contributed by atoms with E-state index in [-0.39, 0.29) is 0 Å². The molecule has 0 amide bonds. The highest BCUT2D eigenvalue weighted by molar-refractivity contribution is 7.09. The van der Waals surface area contributed by atoms with E-state index in [1.54, 1.807) is 11.3 Å². The van der Waals surface area contributed by atoms with Gasteiger partial charge in [0, 0.05) is 30.6 Å². The van der Waals surface area contributed by atoms with Crippen molar-refractivity contribution in [3.05, 3.63) is 16.1 Å². The summed E-state index contributed by atoms with van der Waals surface area (Å²) in [5.74, 6) is 0.856. The summed E-state index contributed by atoms with van der Waals surface area (Å²) in [6, 6.07) is 0. The molecule has 0 bridgehead atoms. The number of nitrogens with one attached hydrogen (secondary N) is 1. The molecule has 0 aliphatic carbocycles. The summed E-state index contributed by atoms with van der Waals surface area (Å²) < 4.78 is 0. The molecule has 1 unspecified atom stereocenters. The Labute approximate surface area is 115 Å². The van der Waals surface area contributed by atoms with Crippen LogP contribution < -0.4 is 5.32 Å². The van der Waals surface area contributed by atoms with E-state index in [2.05, 4.69) is 34.4 Å². The zero-order valence-electron chi connectivity index (χ0n) is 11.6. The van der Waals surface area contributed by atoms with E-state index >= 15 is 0 Å². The molecule has 0 saturated carbocycles. The Hall–Kier alpha value is -0.450. The van der Waals surface area contributed by atoms with Crippen molar-refractivity contribution in [2.75, 3.05) is 32.7 Å². The Kier molecular flexibility index (Phi) is 5.60. The van der Waals surface area contributed by atoms with Crippen LogP contribution in [0.2, 0.25) is 0 Å². The average molecular weight is 267 g/mol. The zero-order chi connectivity index (χ0) is 12.8. The third-order valence-electron chi connectivity index (χ3n) is 3.54. The highest BCUT2D eigenvalue weighted by Crippen LogP contribution is 2.17. The first-order valence-corrected chi connectivity index (χ1v) is 8.00. The van der Waals surface area contributed by atoms with Crippen LogP contribution >= 0.6 is 11.3 Å². The van der Waals surface area contributed by atoms with Crippen molar-refractivity contribution in [2.24, 2.45) is 5.92 Å². The van der Waals surface area contributed by atoms with Gasteiger partial charge < -0.3 is 10.2 Å². The molecule has 18 heavy (non-hydrogen) atoms. The van der Waals surface area contributed by atoms with Crippen LogP contribution in [0.25, 0.3) is 0 Å². The van der Waals surface area contributed by atoms with Gasteiger partial charge in [-0.2, -0.15) is 0 Å². The van der Waals surface area contributed by atoms with E-state index < -0.39 is 0 Å². The maximum atomic E-state index is 4.53. The second-order valence-electron chi connectivity index (χ2n) is 5.29. The van der Waals surface area contributed by atoms with Crippen LogP contribution in [0.4, 0.5) is 0 Å². The highest BCUT2D eigenvalue weighted by Gasteiger charge is 2.21. The molecule has 2 rings (SSSR count). The Morgan fingerprint density at radius 2 is 2.44 bits per heavy atom. The third kappa shape index (κ3) is 4.34. The minimum absolute atomic E-state index is 0.856. The molecule has 1 aliphatic rings. The molecule has 1 aromatic rings. The molecular formula is C14H25N3S. The van der Waals surface area contributed by atoms with Crippen molar-refractivity contribution >= 4 is 11.3 Å². The number of aryl methyl sites for hydroxylation is 1. The first-order chi connectivity index (χ1) is 8.78. The molecule has 0 aromatic carbocycles. The van der Waals surface area contributed by atoms with E-state index in [9.17, 15) is 0 Å². The van der Waals surface area contributed by atoms with Crippen LogP contribution in [0.5, 0.6) is 0 Å². The highest BCUT2D eigenvalue weighted by atomic mass is 32.1. The monoisotopic (exact) mass is 267 g/mol. The maximum Gasteiger partial charge on any atom is 0.0940 e. The van der Waals surface area contributed by atoms with Crippen molar-refractivity contribution in [1.29, 1.82) is 0 Å². The molecule has 102 valence electrons. The largest absolute Gasteiger partial charge is 0.316 e. The lowest BCUT2D eigenvalue weighted by molar-refractivity contribution is 0.325. The number of hydrogen-bond donors (Lipinski definition) is 1. The summed E-state index contributed by atoms with van der Waals surface area (Å²) in [4.78, 5) is 7.12. The van der Waals surface area contributed by atoms with E-state index in [1.165, 1.54) is 44.0 Å². The predicted octanol–water partition coefficient (Wildman–Crippen LogP) is 2.32. The van der Waals surface area contributed by atoms with E-state index in [0.29, 0.717) is 0 Å². The number of aromatic nitrogens is 1. The van der Waals surface area contributed by atoms with Crippen LogP contribution in [0, 0.1) is 12.8 Å². The summed E-state index contributed by atoms with van der Waals surface area (Å²) in [7, 11) is 0. The van der Waals surface area contributed by atoms with Crippen LogP contribution in [0.15, 0.2) is 5.38 Å². The van der Waals surface area contributed by atoms with Gasteiger partial charge in [-0.15, -0.1) is 11.3 Å². The molecule has 2 heterocycles. The first-order valence-electron chi connectivity index (χ1n) is 7.12. The summed E-state index contributed by atoms with van der Waals surface area (Å²) >= 11 is 1.80. The third-order valence-corrected chi connectivity index (χ3v) is 4.56. The van der Waals surface area contributed by atoms with Gasteiger partial charge in [0.15, 0.2) is 0 Å². The van der Waals surface area contributed by atoms with Gasteiger partial charge in [0.05, 0.1) is 5.01 Å². The smallest absolute Gasteiger partial charge is 0.0940 e. The molecule has 0 spiro atoms. The predicted molar refractivity (Wildman–Crippen MR) is 78.3 cm³/mol. The fourth-order valence-corrected chi connectivity index (χ4v) is 3.30. The normalized spacial score (nSPS) is 20.7. The number of rotatable bonds is 7. The lowest BCUT2D eigenvalue weighted by Gasteiger charge is -2.15. The SMILES string of the molecule is CCCNCC1CCN(CCc2nc(C)cs2)C1. The quantitative estimate of drug-likeness (QED) is 0.769. The summed E-state index contributed by atoms with van der Waals surface area (Å²) in [5, 5.41) is 6.98. The number of nitrogens with zero attached hydrogens (tertiary/aromatic N) is 2. The molecule has 3 nitrogen and oxygen atoms in total. The average Bonchev–Trinajstić information content (AvgIpc) is 2.96. The minimum Gasteiger partial charge on any atom is -0.316 e. The van der Waals surface area contributed by atoms with Gasteiger partial charge >= 0.3 is 0 Å². The van der Waals surface area contributed by atoms with Crippen LogP contribution in [0.1, 0.15) is 30.5 Å². The molecule has 1 N–H and O–H groups in total.